The van der Waals surface area contributed by atoms with Gasteiger partial charge in [-0.2, -0.15) is 0 Å². The number of sulfonamides is 1. The molecule has 1 N–H and O–H groups in total. The Morgan fingerprint density at radius 3 is 2.13 bits per heavy atom. The monoisotopic (exact) mass is 561 g/mol. The van der Waals surface area contributed by atoms with E-state index >= 15 is 0 Å². The Balaban J connectivity index is 1.90. The van der Waals surface area contributed by atoms with Crippen molar-refractivity contribution in [1.82, 2.24) is 10.2 Å². The normalized spacial score (nSPS) is 15.2. The third-order valence-corrected chi connectivity index (χ3v) is 8.52. The molecule has 1 fully saturated rings. The van der Waals surface area contributed by atoms with Crippen LogP contribution >= 0.6 is 11.6 Å². The molecule has 1 unspecified atom stereocenters. The Morgan fingerprint density at radius 1 is 1.00 bits per heavy atom. The van der Waals surface area contributed by atoms with Crippen molar-refractivity contribution >= 4 is 39.1 Å². The van der Waals surface area contributed by atoms with E-state index in [0.29, 0.717) is 23.0 Å². The molecule has 0 aromatic heterocycles. The molecule has 1 atom stereocenters. The molecule has 0 bridgehead atoms. The van der Waals surface area contributed by atoms with Crippen LogP contribution in [0.4, 0.5) is 5.69 Å². The smallest absolute Gasteiger partial charge is 0.244 e. The molecule has 0 radical (unpaired) electrons. The largest absolute Gasteiger partial charge is 0.352 e. The van der Waals surface area contributed by atoms with E-state index in [0.717, 1.165) is 47.4 Å². The maximum absolute atomic E-state index is 13.8. The van der Waals surface area contributed by atoms with Crippen molar-refractivity contribution in [3.63, 3.8) is 0 Å². The molecular weight excluding hydrogens is 522 g/mol. The fraction of sp³-hybridized carbons (Fsp3) is 0.517. The Hall–Kier alpha value is -2.58. The van der Waals surface area contributed by atoms with E-state index in [2.05, 4.69) is 19.2 Å². The van der Waals surface area contributed by atoms with Gasteiger partial charge in [0.1, 0.15) is 12.6 Å². The second-order valence-electron chi connectivity index (χ2n) is 10.4. The minimum absolute atomic E-state index is 0.102. The number of hydrogen-bond acceptors (Lipinski definition) is 4. The molecule has 2 aromatic rings. The Kier molecular flexibility index (Phi) is 10.6. The molecule has 1 saturated carbocycles. The van der Waals surface area contributed by atoms with Crippen LogP contribution in [0.1, 0.15) is 76.3 Å². The van der Waals surface area contributed by atoms with Crippen molar-refractivity contribution in [2.75, 3.05) is 17.1 Å². The minimum Gasteiger partial charge on any atom is -0.352 e. The molecule has 3 rings (SSSR count). The number of amides is 2. The van der Waals surface area contributed by atoms with Gasteiger partial charge in [0.2, 0.25) is 21.8 Å². The molecule has 208 valence electrons. The number of hydrogen-bond donors (Lipinski definition) is 1. The van der Waals surface area contributed by atoms with Crippen LogP contribution in [-0.4, -0.2) is 50.0 Å². The van der Waals surface area contributed by atoms with E-state index in [1.165, 1.54) is 11.3 Å². The number of anilines is 1. The van der Waals surface area contributed by atoms with E-state index in [1.807, 2.05) is 31.2 Å². The first-order valence-corrected chi connectivity index (χ1v) is 15.6. The Bertz CT molecular complexity index is 1180. The van der Waals surface area contributed by atoms with Crippen LogP contribution in [0, 0.1) is 0 Å². The van der Waals surface area contributed by atoms with Crippen molar-refractivity contribution in [2.45, 2.75) is 83.8 Å². The summed E-state index contributed by atoms with van der Waals surface area (Å²) in [5.74, 6) is -0.349. The van der Waals surface area contributed by atoms with Crippen LogP contribution in [0.15, 0.2) is 48.5 Å². The van der Waals surface area contributed by atoms with Gasteiger partial charge in [-0.3, -0.25) is 13.9 Å². The van der Waals surface area contributed by atoms with E-state index in [1.54, 1.807) is 24.3 Å². The summed E-state index contributed by atoms with van der Waals surface area (Å²) in [6, 6.07) is 13.7. The van der Waals surface area contributed by atoms with Crippen molar-refractivity contribution < 1.29 is 18.0 Å². The quantitative estimate of drug-likeness (QED) is 0.393. The van der Waals surface area contributed by atoms with Crippen LogP contribution in [0.3, 0.4) is 0 Å². The maximum atomic E-state index is 13.8. The maximum Gasteiger partial charge on any atom is 0.244 e. The van der Waals surface area contributed by atoms with Gasteiger partial charge < -0.3 is 10.2 Å². The summed E-state index contributed by atoms with van der Waals surface area (Å²) >= 11 is 6.06. The number of nitrogens with zero attached hydrogens (tertiary/aromatic N) is 2. The van der Waals surface area contributed by atoms with Crippen LogP contribution in [0.25, 0.3) is 0 Å². The molecule has 1 aliphatic rings. The summed E-state index contributed by atoms with van der Waals surface area (Å²) in [5, 5.41) is 3.72. The second-order valence-corrected chi connectivity index (χ2v) is 12.8. The molecule has 9 heteroatoms. The first-order chi connectivity index (χ1) is 18.0. The summed E-state index contributed by atoms with van der Waals surface area (Å²) in [6.07, 6.45) is 6.68. The summed E-state index contributed by atoms with van der Waals surface area (Å²) in [7, 11) is -3.77. The molecular formula is C29H40ClN3O4S. The Labute approximate surface area is 232 Å². The fourth-order valence-electron chi connectivity index (χ4n) is 4.89. The van der Waals surface area contributed by atoms with Crippen molar-refractivity contribution in [2.24, 2.45) is 0 Å². The summed E-state index contributed by atoms with van der Waals surface area (Å²) in [6.45, 7) is 5.75. The highest BCUT2D eigenvalue weighted by atomic mass is 35.5. The zero-order valence-corrected chi connectivity index (χ0v) is 24.4. The number of nitrogens with one attached hydrogen (secondary N) is 1. The third kappa shape index (κ3) is 8.21. The Morgan fingerprint density at radius 2 is 1.61 bits per heavy atom. The predicted octanol–water partition coefficient (Wildman–Crippen LogP) is 5.49. The van der Waals surface area contributed by atoms with Crippen LogP contribution in [0.2, 0.25) is 5.02 Å². The van der Waals surface area contributed by atoms with Gasteiger partial charge in [-0.15, -0.1) is 0 Å². The molecule has 2 amide bonds. The van der Waals surface area contributed by atoms with E-state index in [9.17, 15) is 18.0 Å². The average Bonchev–Trinajstić information content (AvgIpc) is 2.88. The molecule has 0 spiro atoms. The van der Waals surface area contributed by atoms with Gasteiger partial charge in [0.25, 0.3) is 0 Å². The zero-order valence-electron chi connectivity index (χ0n) is 22.8. The highest BCUT2D eigenvalue weighted by Gasteiger charge is 2.32. The van der Waals surface area contributed by atoms with Crippen molar-refractivity contribution in [1.29, 1.82) is 0 Å². The van der Waals surface area contributed by atoms with Crippen molar-refractivity contribution in [3.05, 3.63) is 64.7 Å². The number of carbonyl (C=O) groups is 2. The number of carbonyl (C=O) groups excluding carboxylic acids is 2. The van der Waals surface area contributed by atoms with Gasteiger partial charge in [-0.25, -0.2) is 8.42 Å². The van der Waals surface area contributed by atoms with Gasteiger partial charge in [0.15, 0.2) is 0 Å². The molecule has 7 nitrogen and oxygen atoms in total. The fourth-order valence-corrected chi connectivity index (χ4v) is 5.87. The first-order valence-electron chi connectivity index (χ1n) is 13.4. The standard InChI is InChI=1S/C29H40ClN3O4S/c1-5-27(29(35)31-25-9-7-6-8-10-25)32(19-22-11-15-24(30)16-12-22)28(34)20-33(38(4,36)37)26-17-13-23(14-18-26)21(2)3/h11-18,21,25,27H,5-10,19-20H2,1-4H3,(H,31,35). The first kappa shape index (κ1) is 30.0. The number of halogens is 1. The molecule has 0 heterocycles. The topological polar surface area (TPSA) is 86.8 Å². The zero-order chi connectivity index (χ0) is 27.9. The summed E-state index contributed by atoms with van der Waals surface area (Å²) in [5.41, 5.74) is 2.29. The van der Waals surface area contributed by atoms with Crippen LogP contribution < -0.4 is 9.62 Å². The minimum atomic E-state index is -3.77. The predicted molar refractivity (Wildman–Crippen MR) is 154 cm³/mol. The van der Waals surface area contributed by atoms with Crippen molar-refractivity contribution in [3.8, 4) is 0 Å². The van der Waals surface area contributed by atoms with E-state index in [4.69, 9.17) is 11.6 Å². The second kappa shape index (κ2) is 13.5. The van der Waals surface area contributed by atoms with Crippen LogP contribution in [-0.2, 0) is 26.2 Å². The lowest BCUT2D eigenvalue weighted by atomic mass is 9.95. The van der Waals surface area contributed by atoms with Gasteiger partial charge in [0.05, 0.1) is 11.9 Å². The SMILES string of the molecule is CCC(C(=O)NC1CCCCC1)N(Cc1ccc(Cl)cc1)C(=O)CN(c1ccc(C(C)C)cc1)S(C)(=O)=O. The van der Waals surface area contributed by atoms with Gasteiger partial charge >= 0.3 is 0 Å². The lowest BCUT2D eigenvalue weighted by molar-refractivity contribution is -0.140. The number of rotatable bonds is 11. The lowest BCUT2D eigenvalue weighted by Crippen LogP contribution is -2.53. The average molecular weight is 562 g/mol. The molecule has 38 heavy (non-hydrogen) atoms. The van der Waals surface area contributed by atoms with Gasteiger partial charge in [-0.1, -0.05) is 75.9 Å². The van der Waals surface area contributed by atoms with Crippen LogP contribution in [0.5, 0.6) is 0 Å². The highest BCUT2D eigenvalue weighted by Crippen LogP contribution is 2.24. The molecule has 0 aliphatic heterocycles. The molecule has 1 aliphatic carbocycles. The lowest BCUT2D eigenvalue weighted by Gasteiger charge is -2.34. The molecule has 0 saturated heterocycles. The van der Waals surface area contributed by atoms with Gasteiger partial charge in [0, 0.05) is 17.6 Å². The third-order valence-electron chi connectivity index (χ3n) is 7.13. The summed E-state index contributed by atoms with van der Waals surface area (Å²) in [4.78, 5) is 28.8. The molecule has 2 aromatic carbocycles. The van der Waals surface area contributed by atoms with Gasteiger partial charge in [-0.05, 0) is 60.6 Å². The van der Waals surface area contributed by atoms with E-state index < -0.39 is 28.5 Å². The van der Waals surface area contributed by atoms with E-state index in [-0.39, 0.29) is 18.5 Å². The highest BCUT2D eigenvalue weighted by molar-refractivity contribution is 7.92. The summed E-state index contributed by atoms with van der Waals surface area (Å²) < 4.78 is 26.7. The number of benzene rings is 2.